The largest absolute Gasteiger partial charge is 0.386 e. The van der Waals surface area contributed by atoms with E-state index < -0.39 is 239 Å². The minimum absolute atomic E-state index is 0.0129. The average molecular weight is 2180 g/mol. The lowest BCUT2D eigenvalue weighted by Crippen LogP contribution is -2.34. The SMILES string of the molecule is Nc1nc2c(nnn2[C@@H]2S[C@@H]3COP(O)(=S)O[C@H]4[C@H](F)[C@H](n5ccc6c(N)ncnc65)O[C@@H]4COP(=O)(S)O[C@@H]2[C@@H]3F)c(=O)[nH]1.Nc1nc2c(nnn2[C@@H]2S[C@@H]3COP(O)(=S)O[C@H]4[C@H](F)[C@H](n5nnc6c(N)ncnc65)O[C@@H]4COP(O)(=S)O[C@@H]2[C@@H]3F)c(=O)[nH]1.Nc1nc2c(nnn2[C@@H]2S[C@@H]3COP(O)(=S)O[C@H]4[C@H](F)[C@H](n5nnc6c(N)ncnc65)O[C@@H]4COP(O)(=S)O[C@@H]2[C@@H]3F)c(=O)[nH]1. The van der Waals surface area contributed by atoms with Crippen LogP contribution in [0, 0.1) is 0 Å². The summed E-state index contributed by atoms with van der Waals surface area (Å²) < 4.78 is 200. The second kappa shape index (κ2) is 37.1. The number of nitrogen functional groups attached to an aromatic ring is 6. The molecule has 20 N–H and O–H groups in total. The highest BCUT2D eigenvalue weighted by atomic mass is 32.7. The smallest absolute Gasteiger partial charge is 0.383 e. The van der Waals surface area contributed by atoms with Crippen molar-refractivity contribution in [2.75, 3.05) is 74.0 Å². The number of H-pyrrole nitrogens is 3. The van der Waals surface area contributed by atoms with E-state index in [9.17, 15) is 43.4 Å². The van der Waals surface area contributed by atoms with Crippen LogP contribution < -0.4 is 51.1 Å². The predicted molar refractivity (Wildman–Crippen MR) is 474 cm³/mol. The Morgan fingerprint density at radius 2 is 0.689 bits per heavy atom. The van der Waals surface area contributed by atoms with Crippen molar-refractivity contribution in [2.45, 2.75) is 143 Å². The number of fused-ring (bicyclic) bond motifs is 15. The third-order valence-electron chi connectivity index (χ3n) is 21.2. The molecule has 0 aliphatic carbocycles. The molecule has 9 aliphatic heterocycles. The maximum atomic E-state index is 16.0. The fraction of sp³-hybridized carbons (Fsp3) is 0.536. The highest BCUT2D eigenvalue weighted by Gasteiger charge is 2.59. The van der Waals surface area contributed by atoms with E-state index in [0.717, 1.165) is 71.3 Å². The molecule has 9 aliphatic rings. The number of aromatic amines is 3. The number of aromatic nitrogens is 28. The summed E-state index contributed by atoms with van der Waals surface area (Å²) in [6.45, 7) is -29.6. The molecule has 0 saturated carbocycles. The number of thiol groups is 1. The molecule has 12 aromatic heterocycles. The van der Waals surface area contributed by atoms with Crippen LogP contribution in [0.2, 0.25) is 0 Å². The topological polar surface area (TPSA) is 786 Å². The molecule has 21 heterocycles. The molecule has 0 aromatic carbocycles. The zero-order chi connectivity index (χ0) is 95.5. The van der Waals surface area contributed by atoms with E-state index in [1.165, 1.54) is 17.1 Å². The van der Waals surface area contributed by atoms with Crippen LogP contribution in [0.5, 0.6) is 0 Å². The summed E-state index contributed by atoms with van der Waals surface area (Å²) in [6, 6.07) is 1.57. The Balaban J connectivity index is 0.000000130. The molecule has 0 spiro atoms. The zero-order valence-electron chi connectivity index (χ0n) is 66.3. The Kier molecular flexibility index (Phi) is 26.6. The Morgan fingerprint density at radius 1 is 0.385 bits per heavy atom. The lowest BCUT2D eigenvalue weighted by molar-refractivity contribution is -0.0494. The van der Waals surface area contributed by atoms with Crippen LogP contribution >= 0.6 is 87.9 Å². The third kappa shape index (κ3) is 19.0. The summed E-state index contributed by atoms with van der Waals surface area (Å²) in [5.41, 5.74) is 32.1. The molecular formula is C56H62F6N34O24P6S9. The number of nitrogens with one attached hydrogen (secondary N) is 3. The third-order valence-corrected chi connectivity index (χ3v) is 35.1. The minimum Gasteiger partial charge on any atom is -0.383 e. The summed E-state index contributed by atoms with van der Waals surface area (Å²) in [5, 5.41) is 32.2. The molecule has 30 atom stereocenters. The molecule has 135 heavy (non-hydrogen) atoms. The van der Waals surface area contributed by atoms with Gasteiger partial charge in [-0.25, -0.2) is 74.9 Å². The zero-order valence-corrected chi connectivity index (χ0v) is 79.1. The molecule has 726 valence electrons. The number of nitrogens with two attached hydrogens (primary N) is 6. The Hall–Kier alpha value is -7.12. The van der Waals surface area contributed by atoms with E-state index in [2.05, 4.69) is 124 Å². The first-order valence-electron chi connectivity index (χ1n) is 38.2. The van der Waals surface area contributed by atoms with Crippen molar-refractivity contribution in [3.05, 3.63) is 62.3 Å². The standard InChI is InChI=1S/C20H22F2N10O8P2S3.2C18H20F2N12O8P2S3/c21-9-8-4-37-42(35,44)39-12-7(38-18(10(12)22)31-2-1-6-14(23)25-5-26-15(6)31)3-36-41(34,43)40-13(9)19(45-8)32-16-11(29-30-32)17(33)28-20(24)27-16;2*19-6-5-2-37-42(35,44)39-10-4(38-16(7(10)20)31-13-8(27-29-31)12(21)23-3-24-13)1-36-41(34,43)40-11(6)17(45-5)32-14-9(28-30-32)15(33)26-18(22)25-14/h1-2,5,7-10,12-13,18-19H,3-4H2,(H,34,43)(H,35,44)(H2,23,25,26)(H3,24,27,28,33);2*3-7,10-11,16-17H,1-2H2,(H,34,43)(H,35,44)(H2,21,23,24)(H3,22,25,26,33)/t7-,8-,9-,10+,12-,13-,18-,19-,41?,42?;2*4-,5-,6-,7+,10-,11-,16-,17-,41?,42?/m111/s1. The van der Waals surface area contributed by atoms with Crippen LogP contribution in [0.3, 0.4) is 0 Å². The number of anilines is 6. The molecule has 9 saturated heterocycles. The molecule has 79 heteroatoms. The predicted octanol–water partition coefficient (Wildman–Crippen LogP) is 0.0880. The Morgan fingerprint density at radius 3 is 1.07 bits per heavy atom. The monoisotopic (exact) mass is 2180 g/mol. The summed E-state index contributed by atoms with van der Waals surface area (Å²) in [5.74, 6) is -0.634. The minimum atomic E-state index is -4.44. The lowest BCUT2D eigenvalue weighted by atomic mass is 10.1. The summed E-state index contributed by atoms with van der Waals surface area (Å²) in [7, 11) is 0. The number of rotatable bonds is 6. The van der Waals surface area contributed by atoms with E-state index in [4.69, 9.17) is 162 Å². The van der Waals surface area contributed by atoms with Gasteiger partial charge in [0.15, 0.2) is 105 Å². The maximum absolute atomic E-state index is 16.0. The molecule has 0 amide bonds. The molecule has 21 rings (SSSR count). The highest BCUT2D eigenvalue weighted by molar-refractivity contribution is 8.44. The second-order valence-electron chi connectivity index (χ2n) is 29.7. The van der Waals surface area contributed by atoms with Crippen LogP contribution in [0.25, 0.3) is 66.9 Å². The second-order valence-corrected chi connectivity index (χ2v) is 50.6. The first-order valence-corrected chi connectivity index (χ1v) is 56.7. The van der Waals surface area contributed by atoms with Crippen LogP contribution in [0.1, 0.15) is 34.8 Å². The van der Waals surface area contributed by atoms with Gasteiger partial charge in [0.25, 0.3) is 16.7 Å². The number of alkyl halides is 6. The van der Waals surface area contributed by atoms with Gasteiger partial charge < -0.3 is 100 Å². The number of ether oxygens (including phenoxy) is 3. The number of hydrogen-bond acceptors (Lipinski definition) is 52. The first kappa shape index (κ1) is 96.7. The fourth-order valence-corrected chi connectivity index (χ4v) is 28.7. The van der Waals surface area contributed by atoms with Crippen molar-refractivity contribution >= 4 is 249 Å². The summed E-state index contributed by atoms with van der Waals surface area (Å²) >= 11 is 32.4. The summed E-state index contributed by atoms with van der Waals surface area (Å²) in [6.07, 6.45) is -25.2. The van der Waals surface area contributed by atoms with Gasteiger partial charge in [0, 0.05) is 6.20 Å². The van der Waals surface area contributed by atoms with Crippen molar-refractivity contribution < 1.29 is 124 Å². The lowest BCUT2D eigenvalue weighted by Gasteiger charge is -2.27. The van der Waals surface area contributed by atoms with Crippen LogP contribution in [-0.4, -0.2) is 311 Å². The van der Waals surface area contributed by atoms with E-state index in [1.807, 2.05) is 0 Å². The number of halogens is 6. The van der Waals surface area contributed by atoms with E-state index in [0.29, 0.717) is 5.39 Å². The van der Waals surface area contributed by atoms with Gasteiger partial charge in [-0.3, -0.25) is 61.0 Å². The van der Waals surface area contributed by atoms with Gasteiger partial charge in [-0.1, -0.05) is 38.3 Å². The molecule has 6 unspecified atom stereocenters. The molecular weight excluding hydrogens is 2120 g/mol. The number of thioether (sulfide) groups is 3. The van der Waals surface area contributed by atoms with Crippen molar-refractivity contribution in [3.8, 4) is 0 Å². The van der Waals surface area contributed by atoms with Crippen LogP contribution in [-0.2, 0) is 132 Å². The number of nitrogens with zero attached hydrogens (tertiary/aromatic N) is 25. The summed E-state index contributed by atoms with van der Waals surface area (Å²) in [4.78, 5) is 134. The van der Waals surface area contributed by atoms with Gasteiger partial charge >= 0.3 is 40.4 Å². The quantitative estimate of drug-likeness (QED) is 0.0596. The maximum Gasteiger partial charge on any atom is 0.386 e. The first-order chi connectivity index (χ1) is 63.9. The van der Waals surface area contributed by atoms with E-state index >= 15 is 26.3 Å². The molecule has 58 nitrogen and oxygen atoms in total. The van der Waals surface area contributed by atoms with Gasteiger partial charge in [-0.05, 0) is 65.1 Å². The normalized spacial score (nSPS) is 37.7. The number of hydrogen-bond donors (Lipinski definition) is 15. The van der Waals surface area contributed by atoms with Crippen LogP contribution in [0.4, 0.5) is 61.6 Å². The molecule has 12 aromatic rings. The van der Waals surface area contributed by atoms with Crippen molar-refractivity contribution in [1.29, 1.82) is 0 Å². The van der Waals surface area contributed by atoms with Crippen molar-refractivity contribution in [3.63, 3.8) is 0 Å². The average Bonchev–Trinajstić information content (AvgIpc) is 1.63. The van der Waals surface area contributed by atoms with Gasteiger partial charge in [0.05, 0.1) is 60.8 Å². The molecule has 6 bridgehead atoms. The fourth-order valence-electron chi connectivity index (χ4n) is 15.2. The van der Waals surface area contributed by atoms with Gasteiger partial charge in [-0.2, -0.15) is 24.3 Å². The van der Waals surface area contributed by atoms with Crippen molar-refractivity contribution in [1.82, 2.24) is 139 Å². The van der Waals surface area contributed by atoms with Gasteiger partial charge in [0.2, 0.25) is 17.8 Å². The van der Waals surface area contributed by atoms with Gasteiger partial charge in [-0.15, -0.1) is 60.8 Å². The molecule has 0 radical (unpaired) electrons. The Bertz CT molecular complexity index is 6510. The highest BCUT2D eigenvalue weighted by Crippen LogP contribution is 2.64. The Labute approximate surface area is 786 Å². The van der Waals surface area contributed by atoms with Crippen molar-refractivity contribution in [2.24, 2.45) is 0 Å². The molecule has 9 fully saturated rings. The van der Waals surface area contributed by atoms with Gasteiger partial charge in [0.1, 0.15) is 120 Å². The van der Waals surface area contributed by atoms with E-state index in [1.54, 1.807) is 6.07 Å². The van der Waals surface area contributed by atoms with E-state index in [-0.39, 0.29) is 96.8 Å². The van der Waals surface area contributed by atoms with Crippen LogP contribution in [0.15, 0.2) is 45.6 Å².